The van der Waals surface area contributed by atoms with E-state index in [1.54, 1.807) is 18.9 Å². The average molecular weight is 382 g/mol. The van der Waals surface area contributed by atoms with Crippen LogP contribution in [0.2, 0.25) is 5.02 Å². The van der Waals surface area contributed by atoms with Crippen molar-refractivity contribution in [2.24, 2.45) is 0 Å². The first-order valence-corrected chi connectivity index (χ1v) is 9.79. The van der Waals surface area contributed by atoms with E-state index < -0.39 is 0 Å². The summed E-state index contributed by atoms with van der Waals surface area (Å²) in [6.45, 7) is 2.55. The predicted octanol–water partition coefficient (Wildman–Crippen LogP) is 4.74. The van der Waals surface area contributed by atoms with Crippen molar-refractivity contribution in [1.29, 1.82) is 0 Å². The van der Waals surface area contributed by atoms with Crippen LogP contribution in [0.5, 0.6) is 5.75 Å². The number of carbonyl (C=O) groups excluding carboxylic acids is 1. The van der Waals surface area contributed by atoms with Gasteiger partial charge in [-0.2, -0.15) is 0 Å². The molecule has 0 saturated heterocycles. The molecule has 0 radical (unpaired) electrons. The molecule has 2 rings (SSSR count). The van der Waals surface area contributed by atoms with Crippen molar-refractivity contribution in [3.63, 3.8) is 0 Å². The molecule has 0 heterocycles. The third kappa shape index (κ3) is 6.30. The number of rotatable bonds is 8. The largest absolute Gasteiger partial charge is 0.497 e. The van der Waals surface area contributed by atoms with Gasteiger partial charge in [0.25, 0.3) is 0 Å². The van der Waals surface area contributed by atoms with Crippen LogP contribution in [-0.2, 0) is 4.79 Å². The topological polar surface area (TPSA) is 38.3 Å². The third-order valence-corrected chi connectivity index (χ3v) is 5.60. The highest BCUT2D eigenvalue weighted by molar-refractivity contribution is 8.00. The Kier molecular flexibility index (Phi) is 7.82. The predicted molar refractivity (Wildman–Crippen MR) is 103 cm³/mol. The molecule has 1 N–H and O–H groups in total. The maximum absolute atomic E-state index is 12.1. The number of nitrogens with one attached hydrogen (secondary N) is 1. The normalized spacial score (nSPS) is 11.8. The van der Waals surface area contributed by atoms with Gasteiger partial charge in [0.2, 0.25) is 5.91 Å². The minimum absolute atomic E-state index is 0.0486. The third-order valence-electron chi connectivity index (χ3n) is 3.23. The molecule has 0 aliphatic carbocycles. The molecule has 3 nitrogen and oxygen atoms in total. The lowest BCUT2D eigenvalue weighted by Gasteiger charge is -2.12. The highest BCUT2D eigenvalue weighted by Crippen LogP contribution is 2.25. The van der Waals surface area contributed by atoms with Gasteiger partial charge >= 0.3 is 0 Å². The van der Waals surface area contributed by atoms with Gasteiger partial charge in [-0.15, -0.1) is 23.5 Å². The summed E-state index contributed by atoms with van der Waals surface area (Å²) in [5.74, 6) is 1.69. The molecule has 0 aliphatic rings. The van der Waals surface area contributed by atoms with Gasteiger partial charge in [-0.3, -0.25) is 4.79 Å². The molecule has 128 valence electrons. The molecule has 0 bridgehead atoms. The summed E-state index contributed by atoms with van der Waals surface area (Å²) in [5.41, 5.74) is 0. The maximum atomic E-state index is 12.1. The standard InChI is InChI=1S/C18H20ClNO2S2/c1-13(24-17-9-5-15(22-2)6-10-17)18(21)20-11-12-23-16-7-3-14(19)4-8-16/h3-10,13H,11-12H2,1-2H3,(H,20,21)/t13-/m0/s1. The second kappa shape index (κ2) is 9.87. The van der Waals surface area contributed by atoms with Gasteiger partial charge in [-0.25, -0.2) is 0 Å². The van der Waals surface area contributed by atoms with Crippen molar-refractivity contribution in [2.45, 2.75) is 22.0 Å². The van der Waals surface area contributed by atoms with Gasteiger partial charge in [-0.05, 0) is 55.5 Å². The molecule has 6 heteroatoms. The second-order valence-electron chi connectivity index (χ2n) is 5.03. The number of methoxy groups -OCH3 is 1. The lowest BCUT2D eigenvalue weighted by Crippen LogP contribution is -2.32. The highest BCUT2D eigenvalue weighted by atomic mass is 35.5. The Hall–Kier alpha value is -1.30. The van der Waals surface area contributed by atoms with Crippen LogP contribution in [0.25, 0.3) is 0 Å². The van der Waals surface area contributed by atoms with Crippen molar-refractivity contribution in [3.05, 3.63) is 53.6 Å². The number of hydrogen-bond donors (Lipinski definition) is 1. The Labute approximate surface area is 156 Å². The van der Waals surface area contributed by atoms with Crippen LogP contribution in [-0.4, -0.2) is 30.6 Å². The van der Waals surface area contributed by atoms with Crippen molar-refractivity contribution in [1.82, 2.24) is 5.32 Å². The molecule has 1 amide bonds. The fourth-order valence-corrected chi connectivity index (χ4v) is 3.72. The Morgan fingerprint density at radius 3 is 2.38 bits per heavy atom. The van der Waals surface area contributed by atoms with Gasteiger partial charge < -0.3 is 10.1 Å². The number of amides is 1. The summed E-state index contributed by atoms with van der Waals surface area (Å²) in [6, 6.07) is 15.4. The van der Waals surface area contributed by atoms with Crippen LogP contribution in [0, 0.1) is 0 Å². The van der Waals surface area contributed by atoms with Gasteiger partial charge in [-0.1, -0.05) is 11.6 Å². The number of carbonyl (C=O) groups is 1. The molecule has 0 aliphatic heterocycles. The number of halogens is 1. The SMILES string of the molecule is COc1ccc(S[C@@H](C)C(=O)NCCSc2ccc(Cl)cc2)cc1. The van der Waals surface area contributed by atoms with E-state index >= 15 is 0 Å². The lowest BCUT2D eigenvalue weighted by molar-refractivity contribution is -0.120. The first-order chi connectivity index (χ1) is 11.6. The molecule has 0 aromatic heterocycles. The Bertz CT molecular complexity index is 647. The number of thioether (sulfide) groups is 2. The van der Waals surface area contributed by atoms with Crippen molar-refractivity contribution >= 4 is 41.0 Å². The molecular formula is C18H20ClNO2S2. The Balaban J connectivity index is 1.70. The molecule has 2 aromatic rings. The fraction of sp³-hybridized carbons (Fsp3) is 0.278. The summed E-state index contributed by atoms with van der Waals surface area (Å²) < 4.78 is 5.13. The van der Waals surface area contributed by atoms with E-state index in [1.807, 2.05) is 55.5 Å². The van der Waals surface area contributed by atoms with Crippen LogP contribution in [0.1, 0.15) is 6.92 Å². The quantitative estimate of drug-likeness (QED) is 0.529. The van der Waals surface area contributed by atoms with Crippen LogP contribution < -0.4 is 10.1 Å². The second-order valence-corrected chi connectivity index (χ2v) is 8.05. The van der Waals surface area contributed by atoms with E-state index in [4.69, 9.17) is 16.3 Å². The fourth-order valence-electron chi connectivity index (χ4n) is 1.93. The molecule has 0 unspecified atom stereocenters. The summed E-state index contributed by atoms with van der Waals surface area (Å²) in [4.78, 5) is 14.3. The van der Waals surface area contributed by atoms with E-state index in [0.29, 0.717) is 6.54 Å². The minimum atomic E-state index is -0.140. The first-order valence-electron chi connectivity index (χ1n) is 7.55. The Morgan fingerprint density at radius 1 is 1.12 bits per heavy atom. The molecule has 0 fully saturated rings. The molecule has 0 spiro atoms. The molecule has 1 atom stereocenters. The van der Waals surface area contributed by atoms with Gasteiger partial charge in [0.15, 0.2) is 0 Å². The lowest BCUT2D eigenvalue weighted by atomic mass is 10.3. The number of hydrogen-bond acceptors (Lipinski definition) is 4. The number of benzene rings is 2. The van der Waals surface area contributed by atoms with Crippen molar-refractivity contribution < 1.29 is 9.53 Å². The Morgan fingerprint density at radius 2 is 1.75 bits per heavy atom. The zero-order valence-corrected chi connectivity index (χ0v) is 16.0. The molecule has 24 heavy (non-hydrogen) atoms. The summed E-state index contributed by atoms with van der Waals surface area (Å²) in [7, 11) is 1.64. The van der Waals surface area contributed by atoms with E-state index in [1.165, 1.54) is 11.8 Å². The first kappa shape index (κ1) is 19.0. The molecular weight excluding hydrogens is 362 g/mol. The zero-order chi connectivity index (χ0) is 17.4. The smallest absolute Gasteiger partial charge is 0.233 e. The highest BCUT2D eigenvalue weighted by Gasteiger charge is 2.13. The van der Waals surface area contributed by atoms with E-state index in [2.05, 4.69) is 5.32 Å². The maximum Gasteiger partial charge on any atom is 0.233 e. The summed E-state index contributed by atoms with van der Waals surface area (Å²) >= 11 is 9.09. The van der Waals surface area contributed by atoms with Crippen LogP contribution in [0.3, 0.4) is 0 Å². The molecule has 0 saturated carbocycles. The van der Waals surface area contributed by atoms with Crippen LogP contribution >= 0.6 is 35.1 Å². The minimum Gasteiger partial charge on any atom is -0.497 e. The van der Waals surface area contributed by atoms with Crippen LogP contribution in [0.15, 0.2) is 58.3 Å². The van der Waals surface area contributed by atoms with Gasteiger partial charge in [0.1, 0.15) is 5.75 Å². The zero-order valence-electron chi connectivity index (χ0n) is 13.6. The van der Waals surface area contributed by atoms with Gasteiger partial charge in [0, 0.05) is 27.1 Å². The number of ether oxygens (including phenoxy) is 1. The van der Waals surface area contributed by atoms with Crippen molar-refractivity contribution in [2.75, 3.05) is 19.4 Å². The van der Waals surface area contributed by atoms with E-state index in [0.717, 1.165) is 26.3 Å². The summed E-state index contributed by atoms with van der Waals surface area (Å²) in [5, 5.41) is 3.57. The average Bonchev–Trinajstić information content (AvgIpc) is 2.60. The monoisotopic (exact) mass is 381 g/mol. The van der Waals surface area contributed by atoms with E-state index in [-0.39, 0.29) is 11.2 Å². The van der Waals surface area contributed by atoms with E-state index in [9.17, 15) is 4.79 Å². The van der Waals surface area contributed by atoms with Crippen molar-refractivity contribution in [3.8, 4) is 5.75 Å². The van der Waals surface area contributed by atoms with Crippen LogP contribution in [0.4, 0.5) is 0 Å². The van der Waals surface area contributed by atoms with Gasteiger partial charge in [0.05, 0.1) is 12.4 Å². The molecule has 2 aromatic carbocycles. The summed E-state index contributed by atoms with van der Waals surface area (Å²) in [6.07, 6.45) is 0.